The summed E-state index contributed by atoms with van der Waals surface area (Å²) in [6, 6.07) is 0. The maximum atomic E-state index is 11.9. The fraction of sp³-hybridized carbons (Fsp3) is 0.875. The molecule has 1 heterocycles. The lowest BCUT2D eigenvalue weighted by molar-refractivity contribution is -0.280. The molecule has 1 aliphatic rings. The van der Waals surface area contributed by atoms with Crippen molar-refractivity contribution in [1.82, 2.24) is 5.32 Å². The number of alkyl halides is 3. The SMILES string of the molecule is O=C(NC[C@@H]1OC(O)[C@@H](O)[C@H](O)[C@@H]1O)C(F)(F)F. The van der Waals surface area contributed by atoms with Gasteiger partial charge in [-0.1, -0.05) is 0 Å². The number of rotatable bonds is 2. The van der Waals surface area contributed by atoms with Crippen LogP contribution in [0.4, 0.5) is 13.2 Å². The van der Waals surface area contributed by atoms with Crippen molar-refractivity contribution < 1.29 is 43.1 Å². The minimum atomic E-state index is -5.09. The second-order valence-corrected chi connectivity index (χ2v) is 3.74. The Morgan fingerprint density at radius 2 is 1.67 bits per heavy atom. The number of aliphatic hydroxyl groups excluding tert-OH is 4. The quantitative estimate of drug-likeness (QED) is 0.379. The fourth-order valence-electron chi connectivity index (χ4n) is 1.39. The van der Waals surface area contributed by atoms with Gasteiger partial charge in [0, 0.05) is 6.54 Å². The highest BCUT2D eigenvalue weighted by molar-refractivity contribution is 5.81. The molecule has 5 atom stereocenters. The van der Waals surface area contributed by atoms with E-state index in [0.29, 0.717) is 0 Å². The van der Waals surface area contributed by atoms with Gasteiger partial charge in [0.25, 0.3) is 0 Å². The third kappa shape index (κ3) is 3.29. The Bertz CT molecular complexity index is 312. The number of nitrogens with one attached hydrogen (secondary N) is 1. The first-order valence-corrected chi connectivity index (χ1v) is 4.87. The molecule has 0 aromatic rings. The van der Waals surface area contributed by atoms with Gasteiger partial charge in [0.2, 0.25) is 0 Å². The molecule has 1 aliphatic heterocycles. The number of amides is 1. The van der Waals surface area contributed by atoms with Crippen LogP contribution in [-0.2, 0) is 9.53 Å². The van der Waals surface area contributed by atoms with E-state index in [1.807, 2.05) is 0 Å². The molecule has 1 fully saturated rings. The first kappa shape index (κ1) is 15.1. The third-order valence-corrected chi connectivity index (χ3v) is 2.41. The standard InChI is InChI=1S/C8H12F3NO6/c9-8(10,11)7(17)12-1-2-3(13)4(14)5(15)6(16)18-2/h2-6,13-16H,1H2,(H,12,17)/t2-,3+,4+,5-,6?/m0/s1. The number of halogens is 3. The first-order chi connectivity index (χ1) is 8.14. The van der Waals surface area contributed by atoms with Gasteiger partial charge in [0.05, 0.1) is 0 Å². The van der Waals surface area contributed by atoms with E-state index >= 15 is 0 Å². The van der Waals surface area contributed by atoms with Crippen molar-refractivity contribution in [1.29, 1.82) is 0 Å². The van der Waals surface area contributed by atoms with Crippen molar-refractivity contribution in [2.24, 2.45) is 0 Å². The fourth-order valence-corrected chi connectivity index (χ4v) is 1.39. The molecule has 18 heavy (non-hydrogen) atoms. The highest BCUT2D eigenvalue weighted by atomic mass is 19.4. The van der Waals surface area contributed by atoms with E-state index in [9.17, 15) is 28.2 Å². The summed E-state index contributed by atoms with van der Waals surface area (Å²) in [5.41, 5.74) is 0. The average Bonchev–Trinajstić information content (AvgIpc) is 2.27. The Hall–Kier alpha value is -0.940. The molecular weight excluding hydrogens is 263 g/mol. The topological polar surface area (TPSA) is 119 Å². The molecule has 1 rings (SSSR count). The lowest BCUT2D eigenvalue weighted by Gasteiger charge is -2.38. The summed E-state index contributed by atoms with van der Waals surface area (Å²) < 4.78 is 40.1. The van der Waals surface area contributed by atoms with Crippen LogP contribution in [0.2, 0.25) is 0 Å². The minimum absolute atomic E-state index is 0.777. The Morgan fingerprint density at radius 1 is 1.11 bits per heavy atom. The predicted molar refractivity (Wildman–Crippen MR) is 48.0 cm³/mol. The van der Waals surface area contributed by atoms with Gasteiger partial charge < -0.3 is 30.5 Å². The third-order valence-electron chi connectivity index (χ3n) is 2.41. The second-order valence-electron chi connectivity index (χ2n) is 3.74. The van der Waals surface area contributed by atoms with Crippen molar-refractivity contribution in [2.75, 3.05) is 6.54 Å². The molecule has 5 N–H and O–H groups in total. The molecule has 10 heteroatoms. The van der Waals surface area contributed by atoms with Crippen LogP contribution in [0.1, 0.15) is 0 Å². The van der Waals surface area contributed by atoms with Gasteiger partial charge in [-0.25, -0.2) is 0 Å². The molecule has 0 spiro atoms. The van der Waals surface area contributed by atoms with Crippen LogP contribution in [0.15, 0.2) is 0 Å². The molecule has 0 aliphatic carbocycles. The molecular formula is C8H12F3NO6. The predicted octanol–water partition coefficient (Wildman–Crippen LogP) is -2.54. The summed E-state index contributed by atoms with van der Waals surface area (Å²) >= 11 is 0. The van der Waals surface area contributed by atoms with Crippen LogP contribution in [0.25, 0.3) is 0 Å². The van der Waals surface area contributed by atoms with Crippen LogP contribution in [0.5, 0.6) is 0 Å². The molecule has 1 saturated heterocycles. The van der Waals surface area contributed by atoms with E-state index in [4.69, 9.17) is 10.2 Å². The first-order valence-electron chi connectivity index (χ1n) is 4.87. The molecule has 0 aromatic carbocycles. The maximum Gasteiger partial charge on any atom is 0.471 e. The zero-order valence-corrected chi connectivity index (χ0v) is 8.83. The zero-order valence-electron chi connectivity index (χ0n) is 8.83. The van der Waals surface area contributed by atoms with Crippen molar-refractivity contribution >= 4 is 5.91 Å². The van der Waals surface area contributed by atoms with Gasteiger partial charge in [-0.15, -0.1) is 0 Å². The Kier molecular flexibility index (Phi) is 4.50. The number of ether oxygens (including phenoxy) is 1. The van der Waals surface area contributed by atoms with E-state index in [1.165, 1.54) is 5.32 Å². The number of carbonyl (C=O) groups excluding carboxylic acids is 1. The lowest BCUT2D eigenvalue weighted by atomic mass is 9.99. The number of hydrogen-bond acceptors (Lipinski definition) is 6. The van der Waals surface area contributed by atoms with Crippen LogP contribution in [0, 0.1) is 0 Å². The van der Waals surface area contributed by atoms with E-state index < -0.39 is 49.3 Å². The van der Waals surface area contributed by atoms with Crippen molar-refractivity contribution in [3.8, 4) is 0 Å². The number of carbonyl (C=O) groups is 1. The molecule has 0 radical (unpaired) electrons. The minimum Gasteiger partial charge on any atom is -0.388 e. The second kappa shape index (κ2) is 5.36. The molecule has 1 amide bonds. The Balaban J connectivity index is 2.55. The molecule has 106 valence electrons. The molecule has 7 nitrogen and oxygen atoms in total. The summed E-state index contributed by atoms with van der Waals surface area (Å²) in [4.78, 5) is 10.5. The van der Waals surface area contributed by atoms with E-state index in [1.54, 1.807) is 0 Å². The monoisotopic (exact) mass is 275 g/mol. The normalized spacial score (nSPS) is 37.4. The van der Waals surface area contributed by atoms with E-state index in [0.717, 1.165) is 0 Å². The van der Waals surface area contributed by atoms with Crippen molar-refractivity contribution in [3.63, 3.8) is 0 Å². The molecule has 0 aromatic heterocycles. The summed E-state index contributed by atoms with van der Waals surface area (Å²) in [6.45, 7) is -0.777. The van der Waals surface area contributed by atoms with Gasteiger partial charge in [0.1, 0.15) is 24.4 Å². The van der Waals surface area contributed by atoms with Crippen LogP contribution in [0.3, 0.4) is 0 Å². The van der Waals surface area contributed by atoms with Gasteiger partial charge in [0.15, 0.2) is 6.29 Å². The zero-order chi connectivity index (χ0) is 14.1. The van der Waals surface area contributed by atoms with Crippen LogP contribution < -0.4 is 5.32 Å². The number of hydrogen-bond donors (Lipinski definition) is 5. The maximum absolute atomic E-state index is 11.9. The lowest BCUT2D eigenvalue weighted by Crippen LogP contribution is -2.60. The summed E-state index contributed by atoms with van der Waals surface area (Å²) in [5.74, 6) is -2.24. The van der Waals surface area contributed by atoms with Crippen molar-refractivity contribution in [3.05, 3.63) is 0 Å². The number of aliphatic hydroxyl groups is 4. The largest absolute Gasteiger partial charge is 0.471 e. The van der Waals surface area contributed by atoms with Crippen molar-refractivity contribution in [2.45, 2.75) is 36.9 Å². The average molecular weight is 275 g/mol. The Morgan fingerprint density at radius 3 is 2.17 bits per heavy atom. The van der Waals surface area contributed by atoms with Crippen LogP contribution in [-0.4, -0.2) is 69.8 Å². The van der Waals surface area contributed by atoms with Gasteiger partial charge in [-0.3, -0.25) is 4.79 Å². The van der Waals surface area contributed by atoms with Crippen LogP contribution >= 0.6 is 0 Å². The highest BCUT2D eigenvalue weighted by Crippen LogP contribution is 2.20. The van der Waals surface area contributed by atoms with E-state index in [2.05, 4.69) is 4.74 Å². The smallest absolute Gasteiger partial charge is 0.388 e. The summed E-state index contributed by atoms with van der Waals surface area (Å²) in [7, 11) is 0. The van der Waals surface area contributed by atoms with Gasteiger partial charge in [-0.05, 0) is 0 Å². The highest BCUT2D eigenvalue weighted by Gasteiger charge is 2.44. The van der Waals surface area contributed by atoms with Gasteiger partial charge >= 0.3 is 12.1 Å². The Labute approximate surface area is 98.8 Å². The summed E-state index contributed by atoms with van der Waals surface area (Å²) in [6.07, 6.45) is -13.7. The molecule has 0 bridgehead atoms. The van der Waals surface area contributed by atoms with E-state index in [-0.39, 0.29) is 0 Å². The molecule has 0 saturated carbocycles. The molecule has 1 unspecified atom stereocenters. The summed E-state index contributed by atoms with van der Waals surface area (Å²) in [5, 5.41) is 38.2. The van der Waals surface area contributed by atoms with Gasteiger partial charge in [-0.2, -0.15) is 13.2 Å².